The summed E-state index contributed by atoms with van der Waals surface area (Å²) in [6.07, 6.45) is 25.0. The highest BCUT2D eigenvalue weighted by molar-refractivity contribution is 5.10. The van der Waals surface area contributed by atoms with Crippen molar-refractivity contribution in [1.29, 1.82) is 0 Å². The Kier molecular flexibility index (Phi) is 5.54. The lowest BCUT2D eigenvalue weighted by atomic mass is 10.3. The standard InChI is InChI=1S/C13H15/c1-2-4-6-8-10-12-13-11-9-7-5-3-1/h1-4,7-9,11,13H,5-6,12H2/b3-1-,4-2+,9-7-,10-8?,13-11+. The summed E-state index contributed by atoms with van der Waals surface area (Å²) in [5, 5.41) is 0. The van der Waals surface area contributed by atoms with Gasteiger partial charge < -0.3 is 0 Å². The highest BCUT2D eigenvalue weighted by Crippen LogP contribution is 1.94. The maximum atomic E-state index is 3.20. The Morgan fingerprint density at radius 2 is 1.31 bits per heavy atom. The van der Waals surface area contributed by atoms with Crippen molar-refractivity contribution in [2.45, 2.75) is 19.3 Å². The molecule has 1 aliphatic carbocycles. The summed E-state index contributed by atoms with van der Waals surface area (Å²) >= 11 is 0. The SMILES string of the molecule is [C]1=C/C/C=C/C=C\C/C=C\C=C\C/1. The Morgan fingerprint density at radius 3 is 2.08 bits per heavy atom. The van der Waals surface area contributed by atoms with Gasteiger partial charge in [-0.05, 0) is 25.3 Å². The lowest BCUT2D eigenvalue weighted by Crippen LogP contribution is -1.61. The second kappa shape index (κ2) is 7.35. The molecule has 0 aromatic heterocycles. The van der Waals surface area contributed by atoms with Gasteiger partial charge in [-0.25, -0.2) is 0 Å². The molecule has 1 aliphatic rings. The van der Waals surface area contributed by atoms with Gasteiger partial charge in [-0.15, -0.1) is 0 Å². The molecule has 0 N–H and O–H groups in total. The van der Waals surface area contributed by atoms with Crippen LogP contribution in [0.2, 0.25) is 0 Å². The molecule has 0 heteroatoms. The molecule has 0 atom stereocenters. The molecule has 0 amide bonds. The Hall–Kier alpha value is -1.30. The second-order valence-electron chi connectivity index (χ2n) is 2.80. The summed E-state index contributed by atoms with van der Waals surface area (Å²) in [7, 11) is 0. The van der Waals surface area contributed by atoms with Crippen LogP contribution in [0.5, 0.6) is 0 Å². The second-order valence-corrected chi connectivity index (χ2v) is 2.80. The monoisotopic (exact) mass is 171 g/mol. The van der Waals surface area contributed by atoms with Gasteiger partial charge in [0.2, 0.25) is 0 Å². The van der Waals surface area contributed by atoms with E-state index in [9.17, 15) is 0 Å². The van der Waals surface area contributed by atoms with E-state index in [1.54, 1.807) is 0 Å². The molecule has 0 saturated heterocycles. The fraction of sp³-hybridized carbons (Fsp3) is 0.231. The van der Waals surface area contributed by atoms with E-state index in [2.05, 4.69) is 60.8 Å². The summed E-state index contributed by atoms with van der Waals surface area (Å²) in [4.78, 5) is 0. The summed E-state index contributed by atoms with van der Waals surface area (Å²) in [5.74, 6) is 0. The Morgan fingerprint density at radius 1 is 0.692 bits per heavy atom. The number of hydrogen-bond acceptors (Lipinski definition) is 0. The van der Waals surface area contributed by atoms with Gasteiger partial charge in [0.1, 0.15) is 0 Å². The van der Waals surface area contributed by atoms with E-state index in [1.165, 1.54) is 0 Å². The smallest absolute Gasteiger partial charge is 0.00946 e. The van der Waals surface area contributed by atoms with Crippen LogP contribution in [0.25, 0.3) is 0 Å². The Labute approximate surface area is 80.7 Å². The van der Waals surface area contributed by atoms with E-state index >= 15 is 0 Å². The van der Waals surface area contributed by atoms with Crippen LogP contribution in [0.1, 0.15) is 19.3 Å². The zero-order valence-electron chi connectivity index (χ0n) is 7.82. The molecular formula is C13H15. The summed E-state index contributed by atoms with van der Waals surface area (Å²) < 4.78 is 0. The van der Waals surface area contributed by atoms with E-state index in [0.29, 0.717) is 0 Å². The zero-order valence-corrected chi connectivity index (χ0v) is 7.82. The average Bonchev–Trinajstić information content (AvgIpc) is 2.18. The lowest BCUT2D eigenvalue weighted by molar-refractivity contribution is 1.27. The van der Waals surface area contributed by atoms with Gasteiger partial charge in [0.05, 0.1) is 0 Å². The van der Waals surface area contributed by atoms with Crippen LogP contribution in [0, 0.1) is 6.08 Å². The van der Waals surface area contributed by atoms with Crippen LogP contribution in [0.15, 0.2) is 54.7 Å². The molecule has 1 rings (SSSR count). The van der Waals surface area contributed by atoms with Gasteiger partial charge in [-0.2, -0.15) is 0 Å². The highest BCUT2D eigenvalue weighted by atomic mass is 13.8. The predicted octanol–water partition coefficient (Wildman–Crippen LogP) is 3.75. The normalized spacial score (nSPS) is 30.2. The van der Waals surface area contributed by atoms with Gasteiger partial charge in [0.25, 0.3) is 0 Å². The third-order valence-corrected chi connectivity index (χ3v) is 1.67. The van der Waals surface area contributed by atoms with E-state index in [4.69, 9.17) is 0 Å². The van der Waals surface area contributed by atoms with Crippen molar-refractivity contribution in [3.63, 3.8) is 0 Å². The summed E-state index contributed by atoms with van der Waals surface area (Å²) in [6, 6.07) is 0. The first-order valence-electron chi connectivity index (χ1n) is 4.68. The lowest BCUT2D eigenvalue weighted by Gasteiger charge is -1.80. The number of allylic oxidation sites excluding steroid dienone is 10. The third kappa shape index (κ3) is 5.92. The van der Waals surface area contributed by atoms with Crippen molar-refractivity contribution in [2.24, 2.45) is 0 Å². The van der Waals surface area contributed by atoms with Crippen molar-refractivity contribution in [1.82, 2.24) is 0 Å². The first-order chi connectivity index (χ1) is 6.50. The molecular weight excluding hydrogens is 156 g/mol. The van der Waals surface area contributed by atoms with Crippen molar-refractivity contribution in [3.8, 4) is 0 Å². The molecule has 0 aromatic rings. The van der Waals surface area contributed by atoms with Gasteiger partial charge in [-0.3, -0.25) is 0 Å². The van der Waals surface area contributed by atoms with Crippen LogP contribution >= 0.6 is 0 Å². The van der Waals surface area contributed by atoms with Gasteiger partial charge >= 0.3 is 0 Å². The Bertz CT molecular complexity index is 223. The fourth-order valence-electron chi connectivity index (χ4n) is 0.999. The van der Waals surface area contributed by atoms with Crippen molar-refractivity contribution < 1.29 is 0 Å². The van der Waals surface area contributed by atoms with Crippen molar-refractivity contribution in [2.75, 3.05) is 0 Å². The van der Waals surface area contributed by atoms with Gasteiger partial charge in [-0.1, -0.05) is 54.7 Å². The molecule has 0 aliphatic heterocycles. The molecule has 0 aromatic carbocycles. The maximum absolute atomic E-state index is 3.20. The van der Waals surface area contributed by atoms with Crippen LogP contribution in [-0.2, 0) is 0 Å². The highest BCUT2D eigenvalue weighted by Gasteiger charge is 1.74. The van der Waals surface area contributed by atoms with E-state index in [-0.39, 0.29) is 0 Å². The minimum absolute atomic E-state index is 0.908. The summed E-state index contributed by atoms with van der Waals surface area (Å²) in [5.41, 5.74) is 0. The average molecular weight is 171 g/mol. The molecule has 67 valence electrons. The molecule has 13 heavy (non-hydrogen) atoms. The minimum Gasteiger partial charge on any atom is -0.0808 e. The quantitative estimate of drug-likeness (QED) is 0.520. The van der Waals surface area contributed by atoms with Crippen LogP contribution in [-0.4, -0.2) is 0 Å². The molecule has 0 unspecified atom stereocenters. The third-order valence-electron chi connectivity index (χ3n) is 1.67. The maximum Gasteiger partial charge on any atom is -0.00946 e. The molecule has 0 fully saturated rings. The van der Waals surface area contributed by atoms with Gasteiger partial charge in [0.15, 0.2) is 0 Å². The molecule has 0 bridgehead atoms. The molecule has 1 radical (unpaired) electrons. The Balaban J connectivity index is 2.49. The van der Waals surface area contributed by atoms with Crippen molar-refractivity contribution >= 4 is 0 Å². The number of hydrogen-bond donors (Lipinski definition) is 0. The molecule has 0 nitrogen and oxygen atoms in total. The minimum atomic E-state index is 0.908. The largest absolute Gasteiger partial charge is 0.0808 e. The van der Waals surface area contributed by atoms with Gasteiger partial charge in [0, 0.05) is 0 Å². The van der Waals surface area contributed by atoms with E-state index < -0.39 is 0 Å². The zero-order chi connectivity index (χ0) is 9.19. The number of rotatable bonds is 0. The summed E-state index contributed by atoms with van der Waals surface area (Å²) in [6.45, 7) is 0. The predicted molar refractivity (Wildman–Crippen MR) is 58.2 cm³/mol. The van der Waals surface area contributed by atoms with E-state index in [1.807, 2.05) is 0 Å². The molecule has 0 spiro atoms. The molecule has 0 heterocycles. The van der Waals surface area contributed by atoms with Crippen LogP contribution in [0.3, 0.4) is 0 Å². The van der Waals surface area contributed by atoms with Crippen molar-refractivity contribution in [3.05, 3.63) is 60.8 Å². The first-order valence-corrected chi connectivity index (χ1v) is 4.68. The van der Waals surface area contributed by atoms with Crippen LogP contribution in [0.4, 0.5) is 0 Å². The molecule has 0 saturated carbocycles. The topological polar surface area (TPSA) is 0 Å². The van der Waals surface area contributed by atoms with E-state index in [0.717, 1.165) is 19.3 Å². The fourth-order valence-corrected chi connectivity index (χ4v) is 0.999. The first kappa shape index (κ1) is 9.79. The van der Waals surface area contributed by atoms with Crippen LogP contribution < -0.4 is 0 Å².